The van der Waals surface area contributed by atoms with E-state index in [9.17, 15) is 4.79 Å². The number of rotatable bonds is 2. The van der Waals surface area contributed by atoms with Crippen LogP contribution in [0, 0.1) is 0 Å². The molecule has 1 heterocycles. The molecule has 3 rings (SSSR count). The molecular formula is C16H12BrClN2O2. The van der Waals surface area contributed by atoms with Crippen LogP contribution in [0.2, 0.25) is 5.02 Å². The maximum Gasteiger partial charge on any atom is 0.243 e. The van der Waals surface area contributed by atoms with E-state index in [1.165, 1.54) is 11.9 Å². The number of hydrazone groups is 1. The van der Waals surface area contributed by atoms with Gasteiger partial charge in [0.25, 0.3) is 0 Å². The van der Waals surface area contributed by atoms with Crippen LogP contribution in [-0.4, -0.2) is 16.8 Å². The van der Waals surface area contributed by atoms with Crippen LogP contribution >= 0.6 is 27.5 Å². The van der Waals surface area contributed by atoms with E-state index in [-0.39, 0.29) is 5.91 Å². The van der Waals surface area contributed by atoms with Gasteiger partial charge in [-0.3, -0.25) is 4.79 Å². The Morgan fingerprint density at radius 1 is 1.18 bits per heavy atom. The quantitative estimate of drug-likeness (QED) is 0.779. The topological polar surface area (TPSA) is 41.9 Å². The third-order valence-corrected chi connectivity index (χ3v) is 3.99. The summed E-state index contributed by atoms with van der Waals surface area (Å²) in [4.78, 5) is 11.8. The van der Waals surface area contributed by atoms with Crippen LogP contribution in [0.1, 0.15) is 24.3 Å². The fraction of sp³-hybridized carbons (Fsp3) is 0.125. The number of halogens is 2. The number of hydrogen-bond acceptors (Lipinski definition) is 3. The molecule has 0 radical (unpaired) electrons. The molecule has 1 aliphatic rings. The molecule has 2 aromatic carbocycles. The Hall–Kier alpha value is -1.85. The van der Waals surface area contributed by atoms with Gasteiger partial charge < -0.3 is 4.74 Å². The van der Waals surface area contributed by atoms with E-state index in [0.717, 1.165) is 15.6 Å². The van der Waals surface area contributed by atoms with Gasteiger partial charge in [0, 0.05) is 27.5 Å². The van der Waals surface area contributed by atoms with Crippen molar-refractivity contribution in [2.24, 2.45) is 5.10 Å². The monoisotopic (exact) mass is 378 g/mol. The SMILES string of the molecule is CC(=O)N1N=C(c2ccc(Cl)cc2)O[C@H]1c1ccc(Br)cc1. The molecule has 0 spiro atoms. The van der Waals surface area contributed by atoms with Crippen molar-refractivity contribution in [1.82, 2.24) is 5.01 Å². The average molecular weight is 380 g/mol. The molecule has 6 heteroatoms. The van der Waals surface area contributed by atoms with E-state index in [0.29, 0.717) is 10.9 Å². The van der Waals surface area contributed by atoms with E-state index in [4.69, 9.17) is 16.3 Å². The van der Waals surface area contributed by atoms with Gasteiger partial charge in [0.15, 0.2) is 0 Å². The number of hydrogen-bond donors (Lipinski definition) is 0. The first kappa shape index (κ1) is 15.1. The molecule has 0 bridgehead atoms. The molecule has 0 aromatic heterocycles. The first-order valence-electron chi connectivity index (χ1n) is 6.61. The number of benzene rings is 2. The number of ether oxygens (including phenoxy) is 1. The second-order valence-electron chi connectivity index (χ2n) is 4.80. The predicted octanol–water partition coefficient (Wildman–Crippen LogP) is 4.34. The van der Waals surface area contributed by atoms with Crippen molar-refractivity contribution >= 4 is 39.3 Å². The molecule has 0 saturated heterocycles. The summed E-state index contributed by atoms with van der Waals surface area (Å²) in [6.45, 7) is 1.46. The largest absolute Gasteiger partial charge is 0.446 e. The van der Waals surface area contributed by atoms with Gasteiger partial charge >= 0.3 is 0 Å². The Bertz CT molecular complexity index is 729. The summed E-state index contributed by atoms with van der Waals surface area (Å²) in [5.41, 5.74) is 1.63. The molecule has 1 aliphatic heterocycles. The van der Waals surface area contributed by atoms with E-state index in [1.807, 2.05) is 36.4 Å². The van der Waals surface area contributed by atoms with Crippen molar-refractivity contribution in [2.45, 2.75) is 13.2 Å². The fourth-order valence-corrected chi connectivity index (χ4v) is 2.51. The lowest BCUT2D eigenvalue weighted by molar-refractivity contribution is -0.135. The van der Waals surface area contributed by atoms with Gasteiger partial charge in [-0.05, 0) is 36.4 Å². The Morgan fingerprint density at radius 3 is 2.41 bits per heavy atom. The molecule has 112 valence electrons. The Labute approximate surface area is 141 Å². The molecule has 2 aromatic rings. The molecule has 22 heavy (non-hydrogen) atoms. The molecule has 1 atom stereocenters. The molecular weight excluding hydrogens is 368 g/mol. The Balaban J connectivity index is 1.92. The lowest BCUT2D eigenvalue weighted by atomic mass is 10.2. The minimum Gasteiger partial charge on any atom is -0.446 e. The predicted molar refractivity (Wildman–Crippen MR) is 88.5 cm³/mol. The maximum atomic E-state index is 11.8. The molecule has 0 N–H and O–H groups in total. The van der Waals surface area contributed by atoms with E-state index >= 15 is 0 Å². The summed E-state index contributed by atoms with van der Waals surface area (Å²) >= 11 is 9.28. The smallest absolute Gasteiger partial charge is 0.243 e. The van der Waals surface area contributed by atoms with Crippen LogP contribution in [0.25, 0.3) is 0 Å². The summed E-state index contributed by atoms with van der Waals surface area (Å²) < 4.78 is 6.84. The minimum absolute atomic E-state index is 0.183. The van der Waals surface area contributed by atoms with Crippen LogP contribution in [0.3, 0.4) is 0 Å². The molecule has 1 amide bonds. The van der Waals surface area contributed by atoms with Gasteiger partial charge in [0.2, 0.25) is 18.0 Å². The minimum atomic E-state index is -0.559. The molecule has 0 unspecified atom stereocenters. The van der Waals surface area contributed by atoms with Crippen molar-refractivity contribution in [2.75, 3.05) is 0 Å². The highest BCUT2D eigenvalue weighted by Crippen LogP contribution is 2.31. The second-order valence-corrected chi connectivity index (χ2v) is 6.15. The van der Waals surface area contributed by atoms with Crippen molar-refractivity contribution < 1.29 is 9.53 Å². The number of carbonyl (C=O) groups is 1. The second kappa shape index (κ2) is 6.10. The standard InChI is InChI=1S/C16H12BrClN2O2/c1-10(21)20-16(12-2-6-13(17)7-3-12)22-15(19-20)11-4-8-14(18)9-5-11/h2-9,16H,1H3/t16-/m0/s1. The van der Waals surface area contributed by atoms with Gasteiger partial charge in [-0.1, -0.05) is 39.7 Å². The van der Waals surface area contributed by atoms with Gasteiger partial charge in [-0.25, -0.2) is 0 Å². The first-order valence-corrected chi connectivity index (χ1v) is 7.78. The molecule has 4 nitrogen and oxygen atoms in total. The lowest BCUT2D eigenvalue weighted by Gasteiger charge is -2.19. The highest BCUT2D eigenvalue weighted by Gasteiger charge is 2.32. The Kier molecular flexibility index (Phi) is 4.18. The highest BCUT2D eigenvalue weighted by molar-refractivity contribution is 9.10. The summed E-state index contributed by atoms with van der Waals surface area (Å²) in [6.07, 6.45) is -0.559. The third-order valence-electron chi connectivity index (χ3n) is 3.21. The summed E-state index contributed by atoms with van der Waals surface area (Å²) in [7, 11) is 0. The van der Waals surface area contributed by atoms with Crippen molar-refractivity contribution in [3.05, 3.63) is 69.2 Å². The van der Waals surface area contributed by atoms with Gasteiger partial charge in [0.1, 0.15) is 0 Å². The summed E-state index contributed by atoms with van der Waals surface area (Å²) in [5, 5.41) is 6.27. The third kappa shape index (κ3) is 3.00. The normalized spacial score (nSPS) is 17.1. The molecule has 0 saturated carbocycles. The molecule has 0 aliphatic carbocycles. The zero-order valence-corrected chi connectivity index (χ0v) is 14.0. The fourth-order valence-electron chi connectivity index (χ4n) is 2.12. The van der Waals surface area contributed by atoms with Gasteiger partial charge in [0.05, 0.1) is 0 Å². The first-order chi connectivity index (χ1) is 10.5. The average Bonchev–Trinajstić information content (AvgIpc) is 2.94. The van der Waals surface area contributed by atoms with Crippen molar-refractivity contribution in [3.63, 3.8) is 0 Å². The number of nitrogens with zero attached hydrogens (tertiary/aromatic N) is 2. The maximum absolute atomic E-state index is 11.8. The number of carbonyl (C=O) groups excluding carboxylic acids is 1. The highest BCUT2D eigenvalue weighted by atomic mass is 79.9. The Morgan fingerprint density at radius 2 is 1.82 bits per heavy atom. The van der Waals surface area contributed by atoms with Gasteiger partial charge in [-0.15, -0.1) is 5.10 Å². The van der Waals surface area contributed by atoms with Crippen LogP contribution in [-0.2, 0) is 9.53 Å². The summed E-state index contributed by atoms with van der Waals surface area (Å²) in [5.74, 6) is 0.219. The number of amides is 1. The van der Waals surface area contributed by atoms with Crippen molar-refractivity contribution in [3.8, 4) is 0 Å². The van der Waals surface area contributed by atoms with E-state index < -0.39 is 6.23 Å². The van der Waals surface area contributed by atoms with Crippen LogP contribution in [0.5, 0.6) is 0 Å². The zero-order chi connectivity index (χ0) is 15.7. The van der Waals surface area contributed by atoms with Crippen molar-refractivity contribution in [1.29, 1.82) is 0 Å². The van der Waals surface area contributed by atoms with Crippen LogP contribution < -0.4 is 0 Å². The summed E-state index contributed by atoms with van der Waals surface area (Å²) in [6, 6.07) is 14.7. The zero-order valence-electron chi connectivity index (χ0n) is 11.7. The van der Waals surface area contributed by atoms with Crippen LogP contribution in [0.4, 0.5) is 0 Å². The lowest BCUT2D eigenvalue weighted by Crippen LogP contribution is -2.25. The van der Waals surface area contributed by atoms with Crippen LogP contribution in [0.15, 0.2) is 58.1 Å². The van der Waals surface area contributed by atoms with Gasteiger partial charge in [-0.2, -0.15) is 5.01 Å². The molecule has 0 fully saturated rings. The van der Waals surface area contributed by atoms with E-state index in [2.05, 4.69) is 21.0 Å². The van der Waals surface area contributed by atoms with E-state index in [1.54, 1.807) is 12.1 Å².